The smallest absolute Gasteiger partial charge is 0.328 e. The van der Waals surface area contributed by atoms with Gasteiger partial charge in [0.25, 0.3) is 0 Å². The highest BCUT2D eigenvalue weighted by Gasteiger charge is 2.67. The normalized spacial score (nSPS) is 43.2. The number of carboxylic acid groups (broad SMARTS) is 1. The molecule has 0 aromatic rings. The summed E-state index contributed by atoms with van der Waals surface area (Å²) in [5, 5.41) is 8.94. The molecule has 156 valence electrons. The van der Waals surface area contributed by atoms with Gasteiger partial charge in [0.05, 0.1) is 0 Å². The number of aliphatic carboxylic acids is 1. The van der Waals surface area contributed by atoms with Crippen molar-refractivity contribution in [3.63, 3.8) is 0 Å². The lowest BCUT2D eigenvalue weighted by Crippen LogP contribution is -2.47. The van der Waals surface area contributed by atoms with E-state index in [9.17, 15) is 4.79 Å². The van der Waals surface area contributed by atoms with E-state index in [-0.39, 0.29) is 0 Å². The summed E-state index contributed by atoms with van der Waals surface area (Å²) >= 11 is 0. The molecule has 2 heteroatoms. The van der Waals surface area contributed by atoms with E-state index in [0.29, 0.717) is 17.3 Å². The summed E-state index contributed by atoms with van der Waals surface area (Å²) in [6.45, 7) is 12.1. The van der Waals surface area contributed by atoms with Crippen LogP contribution in [0.1, 0.15) is 73.1 Å². The van der Waals surface area contributed by atoms with Crippen LogP contribution in [-0.2, 0) is 4.79 Å². The summed E-state index contributed by atoms with van der Waals surface area (Å²) < 4.78 is 0. The van der Waals surface area contributed by atoms with Crippen LogP contribution in [0.4, 0.5) is 0 Å². The van der Waals surface area contributed by atoms with E-state index in [1.54, 1.807) is 11.6 Å². The SMILES string of the molecule is CCCC/C=C(\C)[C@H]1[C@@H](/C=C/C=C/C(=O)O)[C@H]2[C@@H]([C@H]3C[C@]31C)[C@@H](C)CC[C@@H]2C. The van der Waals surface area contributed by atoms with Crippen LogP contribution >= 0.6 is 0 Å². The first-order chi connectivity index (χ1) is 13.3. The van der Waals surface area contributed by atoms with Crippen LogP contribution < -0.4 is 0 Å². The molecule has 0 amide bonds. The Balaban J connectivity index is 1.95. The van der Waals surface area contributed by atoms with Crippen molar-refractivity contribution in [3.8, 4) is 0 Å². The summed E-state index contributed by atoms with van der Waals surface area (Å²) in [4.78, 5) is 10.9. The number of allylic oxidation sites excluding steroid dienone is 5. The predicted molar refractivity (Wildman–Crippen MR) is 117 cm³/mol. The molecule has 0 unspecified atom stereocenters. The molecule has 0 aromatic heterocycles. The van der Waals surface area contributed by atoms with Crippen molar-refractivity contribution in [2.45, 2.75) is 73.1 Å². The monoisotopic (exact) mass is 384 g/mol. The fraction of sp³-hybridized carbons (Fsp3) is 0.731. The first-order valence-corrected chi connectivity index (χ1v) is 11.6. The van der Waals surface area contributed by atoms with Crippen LogP contribution in [0.15, 0.2) is 36.0 Å². The van der Waals surface area contributed by atoms with Crippen LogP contribution in [0, 0.1) is 46.8 Å². The molecule has 3 saturated carbocycles. The highest BCUT2D eigenvalue weighted by Crippen LogP contribution is 2.73. The largest absolute Gasteiger partial charge is 0.478 e. The Morgan fingerprint density at radius 2 is 1.82 bits per heavy atom. The van der Waals surface area contributed by atoms with Crippen LogP contribution in [-0.4, -0.2) is 11.1 Å². The fourth-order valence-corrected chi connectivity index (χ4v) is 7.03. The number of hydrogen-bond acceptors (Lipinski definition) is 1. The number of unbranched alkanes of at least 4 members (excludes halogenated alkanes) is 2. The van der Waals surface area contributed by atoms with Gasteiger partial charge in [-0.15, -0.1) is 0 Å². The molecule has 0 aromatic carbocycles. The zero-order chi connectivity index (χ0) is 20.5. The second kappa shape index (κ2) is 8.59. The third-order valence-corrected chi connectivity index (χ3v) is 8.38. The average Bonchev–Trinajstić information content (AvgIpc) is 3.32. The van der Waals surface area contributed by atoms with Gasteiger partial charge < -0.3 is 5.11 Å². The molecule has 3 aliphatic rings. The van der Waals surface area contributed by atoms with Gasteiger partial charge in [-0.1, -0.05) is 83.3 Å². The highest BCUT2D eigenvalue weighted by atomic mass is 16.4. The maximum Gasteiger partial charge on any atom is 0.328 e. The summed E-state index contributed by atoms with van der Waals surface area (Å²) in [7, 11) is 0. The first-order valence-electron chi connectivity index (χ1n) is 11.6. The molecule has 8 atom stereocenters. The van der Waals surface area contributed by atoms with E-state index in [0.717, 1.165) is 29.6 Å². The van der Waals surface area contributed by atoms with E-state index in [1.807, 2.05) is 6.08 Å². The third-order valence-electron chi connectivity index (χ3n) is 8.38. The summed E-state index contributed by atoms with van der Waals surface area (Å²) in [5.41, 5.74) is 2.02. The molecule has 3 aliphatic carbocycles. The second-order valence-corrected chi connectivity index (χ2v) is 10.2. The lowest BCUT2D eigenvalue weighted by molar-refractivity contribution is -0.131. The van der Waals surface area contributed by atoms with Crippen molar-refractivity contribution < 1.29 is 9.90 Å². The number of carbonyl (C=O) groups is 1. The Morgan fingerprint density at radius 3 is 2.46 bits per heavy atom. The lowest BCUT2D eigenvalue weighted by atomic mass is 9.52. The van der Waals surface area contributed by atoms with Crippen LogP contribution in [0.2, 0.25) is 0 Å². The van der Waals surface area contributed by atoms with Gasteiger partial charge in [-0.3, -0.25) is 0 Å². The molecule has 0 radical (unpaired) electrons. The third kappa shape index (κ3) is 4.02. The van der Waals surface area contributed by atoms with E-state index in [1.165, 1.54) is 44.6 Å². The molecule has 3 fully saturated rings. The van der Waals surface area contributed by atoms with Gasteiger partial charge in [0, 0.05) is 6.08 Å². The van der Waals surface area contributed by atoms with Crippen molar-refractivity contribution in [1.29, 1.82) is 0 Å². The van der Waals surface area contributed by atoms with Gasteiger partial charge in [0.15, 0.2) is 0 Å². The van der Waals surface area contributed by atoms with Gasteiger partial charge in [-0.25, -0.2) is 4.79 Å². The van der Waals surface area contributed by atoms with Crippen molar-refractivity contribution in [2.24, 2.45) is 46.8 Å². The standard InChI is InChI=1S/C26H40O2/c1-6-7-8-11-19(4)25-20(12-9-10-13-22(27)28)23-17(2)14-15-18(3)24(23)21-16-26(21,25)5/h9-13,17-18,20-21,23-25H,6-8,14-16H2,1-5H3,(H,27,28)/b12-9+,13-10+,19-11+/t17-,18-,20-,21+,23-,24+,25-,26+/m0/s1. The van der Waals surface area contributed by atoms with Crippen molar-refractivity contribution in [3.05, 3.63) is 36.0 Å². The summed E-state index contributed by atoms with van der Waals surface area (Å²) in [6, 6.07) is 0. The maximum atomic E-state index is 10.9. The molecule has 1 N–H and O–H groups in total. The van der Waals surface area contributed by atoms with Gasteiger partial charge >= 0.3 is 5.97 Å². The molecular weight excluding hydrogens is 344 g/mol. The molecule has 0 bridgehead atoms. The second-order valence-electron chi connectivity index (χ2n) is 10.2. The minimum absolute atomic E-state index is 0.435. The van der Waals surface area contributed by atoms with E-state index in [4.69, 9.17) is 5.11 Å². The summed E-state index contributed by atoms with van der Waals surface area (Å²) in [5.74, 6) is 4.31. The zero-order valence-electron chi connectivity index (χ0n) is 18.5. The highest BCUT2D eigenvalue weighted by molar-refractivity contribution is 5.80. The minimum atomic E-state index is -0.868. The van der Waals surface area contributed by atoms with Crippen molar-refractivity contribution in [1.82, 2.24) is 0 Å². The van der Waals surface area contributed by atoms with Crippen LogP contribution in [0.3, 0.4) is 0 Å². The number of fused-ring (bicyclic) bond motifs is 3. The van der Waals surface area contributed by atoms with Crippen LogP contribution in [0.5, 0.6) is 0 Å². The molecule has 0 spiro atoms. The van der Waals surface area contributed by atoms with Crippen molar-refractivity contribution >= 4 is 5.97 Å². The van der Waals surface area contributed by atoms with E-state index in [2.05, 4.69) is 46.8 Å². The Kier molecular flexibility index (Phi) is 6.57. The topological polar surface area (TPSA) is 37.3 Å². The molecular formula is C26H40O2. The van der Waals surface area contributed by atoms with Gasteiger partial charge in [-0.2, -0.15) is 0 Å². The number of carboxylic acids is 1. The number of hydrogen-bond donors (Lipinski definition) is 1. The molecule has 0 saturated heterocycles. The Morgan fingerprint density at radius 1 is 1.14 bits per heavy atom. The van der Waals surface area contributed by atoms with Gasteiger partial charge in [0.2, 0.25) is 0 Å². The van der Waals surface area contributed by atoms with E-state index < -0.39 is 5.97 Å². The lowest BCUT2D eigenvalue weighted by Gasteiger charge is -2.53. The molecule has 28 heavy (non-hydrogen) atoms. The van der Waals surface area contributed by atoms with Gasteiger partial charge in [-0.05, 0) is 66.6 Å². The first kappa shape index (κ1) is 21.4. The zero-order valence-corrected chi connectivity index (χ0v) is 18.5. The molecule has 2 nitrogen and oxygen atoms in total. The fourth-order valence-electron chi connectivity index (χ4n) is 7.03. The Labute approximate surface area is 172 Å². The minimum Gasteiger partial charge on any atom is -0.478 e. The molecule has 0 heterocycles. The van der Waals surface area contributed by atoms with Gasteiger partial charge in [0.1, 0.15) is 0 Å². The predicted octanol–water partition coefficient (Wildman–Crippen LogP) is 6.89. The quantitative estimate of drug-likeness (QED) is 0.224. The average molecular weight is 385 g/mol. The number of rotatable bonds is 7. The van der Waals surface area contributed by atoms with Crippen LogP contribution in [0.25, 0.3) is 0 Å². The van der Waals surface area contributed by atoms with Crippen molar-refractivity contribution in [2.75, 3.05) is 0 Å². The molecule has 3 rings (SSSR count). The Bertz CT molecular complexity index is 657. The Hall–Kier alpha value is -1.31. The molecule has 0 aliphatic heterocycles. The maximum absolute atomic E-state index is 10.9. The van der Waals surface area contributed by atoms with E-state index >= 15 is 0 Å². The summed E-state index contributed by atoms with van der Waals surface area (Å²) in [6.07, 6.45) is 17.7.